The lowest BCUT2D eigenvalue weighted by molar-refractivity contribution is -0.203. The lowest BCUT2D eigenvalue weighted by Gasteiger charge is -2.34. The van der Waals surface area contributed by atoms with E-state index in [1.165, 1.54) is 42.6 Å². The van der Waals surface area contributed by atoms with Gasteiger partial charge in [0.25, 0.3) is 5.91 Å². The number of halogens is 4. The first-order valence-electron chi connectivity index (χ1n) is 7.54. The first kappa shape index (κ1) is 20.5. The molecule has 1 amide bonds. The molecule has 2 N–H and O–H groups in total. The molecule has 0 unspecified atom stereocenters. The van der Waals surface area contributed by atoms with Crippen molar-refractivity contribution in [3.8, 4) is 0 Å². The van der Waals surface area contributed by atoms with E-state index in [9.17, 15) is 22.8 Å². The SMILES string of the molecule is COC(=O)[C@@](NC(=O)c1ccccc1Cl)(Nc1ccc(C)cn1)C(F)(F)F. The molecule has 0 saturated heterocycles. The molecule has 1 atom stereocenters. The minimum absolute atomic E-state index is 0.0793. The number of anilines is 1. The predicted octanol–water partition coefficient (Wildman–Crippen LogP) is 3.32. The Morgan fingerprint density at radius 2 is 1.81 bits per heavy atom. The van der Waals surface area contributed by atoms with E-state index in [0.717, 1.165) is 7.11 Å². The number of methoxy groups -OCH3 is 1. The largest absolute Gasteiger partial charge is 0.466 e. The van der Waals surface area contributed by atoms with E-state index in [0.29, 0.717) is 5.56 Å². The van der Waals surface area contributed by atoms with Crippen molar-refractivity contribution in [3.63, 3.8) is 0 Å². The maximum Gasteiger partial charge on any atom is 0.441 e. The van der Waals surface area contributed by atoms with Crippen molar-refractivity contribution in [1.82, 2.24) is 10.3 Å². The molecule has 0 aliphatic carbocycles. The van der Waals surface area contributed by atoms with E-state index < -0.39 is 23.7 Å². The van der Waals surface area contributed by atoms with Gasteiger partial charge in [0, 0.05) is 6.20 Å². The van der Waals surface area contributed by atoms with E-state index in [2.05, 4.69) is 9.72 Å². The van der Waals surface area contributed by atoms with Crippen molar-refractivity contribution in [3.05, 3.63) is 58.7 Å². The second kappa shape index (κ2) is 7.83. The van der Waals surface area contributed by atoms with Crippen LogP contribution in [0.5, 0.6) is 0 Å². The van der Waals surface area contributed by atoms with E-state index in [-0.39, 0.29) is 16.4 Å². The molecule has 27 heavy (non-hydrogen) atoms. The van der Waals surface area contributed by atoms with Gasteiger partial charge in [0.05, 0.1) is 17.7 Å². The van der Waals surface area contributed by atoms with E-state index in [1.807, 2.05) is 5.32 Å². The maximum atomic E-state index is 13.9. The molecule has 0 radical (unpaired) electrons. The Morgan fingerprint density at radius 1 is 1.15 bits per heavy atom. The zero-order valence-electron chi connectivity index (χ0n) is 14.2. The summed E-state index contributed by atoms with van der Waals surface area (Å²) in [7, 11) is 0.773. The molecule has 6 nitrogen and oxygen atoms in total. The summed E-state index contributed by atoms with van der Waals surface area (Å²) in [4.78, 5) is 28.3. The van der Waals surface area contributed by atoms with Crippen LogP contribution in [0, 0.1) is 6.92 Å². The summed E-state index contributed by atoms with van der Waals surface area (Å²) >= 11 is 5.86. The quantitative estimate of drug-likeness (QED) is 0.593. The van der Waals surface area contributed by atoms with E-state index in [1.54, 1.807) is 12.2 Å². The van der Waals surface area contributed by atoms with Crippen LogP contribution in [0.3, 0.4) is 0 Å². The average molecular weight is 402 g/mol. The van der Waals surface area contributed by atoms with Crippen LogP contribution in [0.2, 0.25) is 5.02 Å². The number of aryl methyl sites for hydroxylation is 1. The number of alkyl halides is 3. The van der Waals surface area contributed by atoms with Crippen molar-refractivity contribution in [1.29, 1.82) is 0 Å². The number of hydrogen-bond donors (Lipinski definition) is 2. The smallest absolute Gasteiger partial charge is 0.441 e. The van der Waals surface area contributed by atoms with Gasteiger partial charge in [-0.05, 0) is 30.7 Å². The average Bonchev–Trinajstić information content (AvgIpc) is 2.61. The molecule has 0 aliphatic rings. The summed E-state index contributed by atoms with van der Waals surface area (Å²) < 4.78 is 46.1. The third-order valence-electron chi connectivity index (χ3n) is 3.56. The second-order valence-electron chi connectivity index (χ2n) is 5.52. The first-order chi connectivity index (χ1) is 12.6. The minimum atomic E-state index is -5.26. The summed E-state index contributed by atoms with van der Waals surface area (Å²) in [6, 6.07) is 8.21. The number of pyridine rings is 1. The molecule has 0 saturated carbocycles. The number of aromatic nitrogens is 1. The molecule has 0 spiro atoms. The van der Waals surface area contributed by atoms with Crippen molar-refractivity contribution < 1.29 is 27.5 Å². The Kier molecular flexibility index (Phi) is 5.94. The summed E-state index contributed by atoms with van der Waals surface area (Å²) in [5, 5.41) is 3.53. The molecular formula is C17H15ClF3N3O3. The van der Waals surface area contributed by atoms with E-state index >= 15 is 0 Å². The number of benzene rings is 1. The van der Waals surface area contributed by atoms with Crippen molar-refractivity contribution in [2.24, 2.45) is 0 Å². The molecule has 2 aromatic rings. The van der Waals surface area contributed by atoms with Crippen LogP contribution in [0.4, 0.5) is 19.0 Å². The Hall–Kier alpha value is -2.81. The van der Waals surface area contributed by atoms with E-state index in [4.69, 9.17) is 11.6 Å². The fourth-order valence-electron chi connectivity index (χ4n) is 2.16. The third kappa shape index (κ3) is 4.30. The highest BCUT2D eigenvalue weighted by molar-refractivity contribution is 6.33. The van der Waals surface area contributed by atoms with Gasteiger partial charge in [-0.1, -0.05) is 29.8 Å². The van der Waals surface area contributed by atoms with Gasteiger partial charge in [0.15, 0.2) is 0 Å². The summed E-state index contributed by atoms with van der Waals surface area (Å²) in [5.41, 5.74) is -3.12. The number of carbonyl (C=O) groups is 2. The lowest BCUT2D eigenvalue weighted by atomic mass is 10.1. The normalized spacial score (nSPS) is 13.4. The molecule has 144 valence electrons. The lowest BCUT2D eigenvalue weighted by Crippen LogP contribution is -2.69. The van der Waals surface area contributed by atoms with Gasteiger partial charge < -0.3 is 15.4 Å². The van der Waals surface area contributed by atoms with Gasteiger partial charge in [0.2, 0.25) is 0 Å². The van der Waals surface area contributed by atoms with Gasteiger partial charge in [-0.15, -0.1) is 0 Å². The number of rotatable bonds is 5. The van der Waals surface area contributed by atoms with Crippen LogP contribution in [-0.4, -0.2) is 35.8 Å². The van der Waals surface area contributed by atoms with Gasteiger partial charge in [-0.2, -0.15) is 13.2 Å². The number of nitrogens with one attached hydrogen (secondary N) is 2. The van der Waals surface area contributed by atoms with Crippen LogP contribution in [0.25, 0.3) is 0 Å². The topological polar surface area (TPSA) is 80.3 Å². The Bertz CT molecular complexity index is 843. The van der Waals surface area contributed by atoms with Crippen molar-refractivity contribution in [2.45, 2.75) is 18.8 Å². The predicted molar refractivity (Wildman–Crippen MR) is 92.3 cm³/mol. The number of ether oxygens (including phenoxy) is 1. The van der Waals surface area contributed by atoms with Crippen LogP contribution >= 0.6 is 11.6 Å². The molecule has 1 heterocycles. The molecule has 0 bridgehead atoms. The number of carbonyl (C=O) groups excluding carboxylic acids is 2. The second-order valence-corrected chi connectivity index (χ2v) is 5.93. The monoisotopic (exact) mass is 401 g/mol. The molecule has 1 aromatic heterocycles. The molecule has 1 aromatic carbocycles. The van der Waals surface area contributed by atoms with Gasteiger partial charge in [-0.3, -0.25) is 4.79 Å². The zero-order valence-corrected chi connectivity index (χ0v) is 15.0. The molecule has 2 rings (SSSR count). The third-order valence-corrected chi connectivity index (χ3v) is 3.89. The van der Waals surface area contributed by atoms with Crippen LogP contribution in [-0.2, 0) is 9.53 Å². The van der Waals surface area contributed by atoms with Gasteiger partial charge >= 0.3 is 17.8 Å². The summed E-state index contributed by atoms with van der Waals surface area (Å²) in [6.45, 7) is 1.69. The van der Waals surface area contributed by atoms with Crippen LogP contribution < -0.4 is 10.6 Å². The zero-order chi connectivity index (χ0) is 20.2. The van der Waals surface area contributed by atoms with Crippen LogP contribution in [0.1, 0.15) is 15.9 Å². The van der Waals surface area contributed by atoms with Gasteiger partial charge in [-0.25, -0.2) is 9.78 Å². The minimum Gasteiger partial charge on any atom is -0.466 e. The highest BCUT2D eigenvalue weighted by atomic mass is 35.5. The summed E-state index contributed by atoms with van der Waals surface area (Å²) in [6.07, 6.45) is -3.96. The number of amides is 1. The standard InChI is InChI=1S/C17H15ClF3N3O3/c1-10-7-8-13(22-9-10)23-16(15(26)27-2,17(19,20)21)24-14(25)11-5-3-4-6-12(11)18/h3-9H,1-2H3,(H,22,23)(H,24,25)/t16-/m0/s1. The number of nitrogens with zero attached hydrogens (tertiary/aromatic N) is 1. The van der Waals surface area contributed by atoms with Crippen molar-refractivity contribution >= 4 is 29.3 Å². The van der Waals surface area contributed by atoms with Gasteiger partial charge in [0.1, 0.15) is 5.82 Å². The highest BCUT2D eigenvalue weighted by Gasteiger charge is 2.63. The summed E-state index contributed by atoms with van der Waals surface area (Å²) in [5.74, 6) is -3.27. The number of esters is 1. The molecular weight excluding hydrogens is 387 g/mol. The number of hydrogen-bond acceptors (Lipinski definition) is 5. The Balaban J connectivity index is 2.50. The van der Waals surface area contributed by atoms with Crippen molar-refractivity contribution in [2.75, 3.05) is 12.4 Å². The Labute approximate surface area is 157 Å². The fourth-order valence-corrected chi connectivity index (χ4v) is 2.38. The first-order valence-corrected chi connectivity index (χ1v) is 7.91. The fraction of sp³-hybridized carbons (Fsp3) is 0.235. The molecule has 0 fully saturated rings. The Morgan fingerprint density at radius 3 is 2.33 bits per heavy atom. The molecule has 0 aliphatic heterocycles. The molecule has 10 heteroatoms. The van der Waals surface area contributed by atoms with Crippen LogP contribution in [0.15, 0.2) is 42.6 Å². The highest BCUT2D eigenvalue weighted by Crippen LogP contribution is 2.33. The maximum absolute atomic E-state index is 13.9.